The minimum absolute atomic E-state index is 0.135. The number of anilines is 1. The molecule has 0 N–H and O–H groups in total. The lowest BCUT2D eigenvalue weighted by Gasteiger charge is -2.24. The molecule has 0 aliphatic carbocycles. The van der Waals surface area contributed by atoms with E-state index in [4.69, 9.17) is 0 Å². The molecule has 0 bridgehead atoms. The van der Waals surface area contributed by atoms with Crippen LogP contribution in [-0.2, 0) is 6.54 Å². The number of non-ortho nitro benzene ring substituents is 1. The molecule has 4 heteroatoms. The standard InChI is InChI=1S/C16H18N2O2/c1-2-12-17(15-6-4-3-5-7-15)13-14-8-10-16(11-9-14)18(19)20/h3-11H,2,12-13H2,1H3. The highest BCUT2D eigenvalue weighted by molar-refractivity contribution is 5.47. The fraction of sp³-hybridized carbons (Fsp3) is 0.250. The van der Waals surface area contributed by atoms with E-state index in [0.717, 1.165) is 25.1 Å². The third-order valence-electron chi connectivity index (χ3n) is 3.14. The van der Waals surface area contributed by atoms with Crippen molar-refractivity contribution in [3.8, 4) is 0 Å². The fourth-order valence-corrected chi connectivity index (χ4v) is 2.15. The number of rotatable bonds is 6. The maximum atomic E-state index is 10.7. The molecule has 0 radical (unpaired) electrons. The third-order valence-corrected chi connectivity index (χ3v) is 3.14. The molecule has 0 unspecified atom stereocenters. The van der Waals surface area contributed by atoms with E-state index in [1.54, 1.807) is 12.1 Å². The quantitative estimate of drug-likeness (QED) is 0.588. The first-order valence-corrected chi connectivity index (χ1v) is 6.74. The summed E-state index contributed by atoms with van der Waals surface area (Å²) < 4.78 is 0. The number of benzene rings is 2. The number of para-hydroxylation sites is 1. The Labute approximate surface area is 118 Å². The van der Waals surface area contributed by atoms with Crippen LogP contribution >= 0.6 is 0 Å². The van der Waals surface area contributed by atoms with Crippen LogP contribution in [0.4, 0.5) is 11.4 Å². The van der Waals surface area contributed by atoms with E-state index in [0.29, 0.717) is 0 Å². The predicted octanol–water partition coefficient (Wildman–Crippen LogP) is 4.01. The van der Waals surface area contributed by atoms with Gasteiger partial charge in [0.1, 0.15) is 0 Å². The van der Waals surface area contributed by atoms with Crippen molar-refractivity contribution in [2.45, 2.75) is 19.9 Å². The Morgan fingerprint density at radius 2 is 1.70 bits per heavy atom. The smallest absolute Gasteiger partial charge is 0.269 e. The Bertz CT molecular complexity index is 552. The second-order valence-electron chi connectivity index (χ2n) is 4.68. The fourth-order valence-electron chi connectivity index (χ4n) is 2.15. The van der Waals surface area contributed by atoms with Crippen molar-refractivity contribution in [3.05, 3.63) is 70.3 Å². The Hall–Kier alpha value is -2.36. The maximum Gasteiger partial charge on any atom is 0.269 e. The van der Waals surface area contributed by atoms with E-state index in [-0.39, 0.29) is 10.6 Å². The van der Waals surface area contributed by atoms with E-state index in [1.165, 1.54) is 5.69 Å². The second kappa shape index (κ2) is 6.70. The number of nitro groups is 1. The topological polar surface area (TPSA) is 46.4 Å². The van der Waals surface area contributed by atoms with Gasteiger partial charge in [0.05, 0.1) is 4.92 Å². The Morgan fingerprint density at radius 3 is 2.25 bits per heavy atom. The summed E-state index contributed by atoms with van der Waals surface area (Å²) in [5.74, 6) is 0. The van der Waals surface area contributed by atoms with Crippen LogP contribution in [0.5, 0.6) is 0 Å². The SMILES string of the molecule is CCCN(Cc1ccc([N+](=O)[O-])cc1)c1ccccc1. The zero-order valence-corrected chi connectivity index (χ0v) is 11.5. The average Bonchev–Trinajstić information content (AvgIpc) is 2.48. The monoisotopic (exact) mass is 270 g/mol. The normalized spacial score (nSPS) is 10.2. The van der Waals surface area contributed by atoms with Crippen molar-refractivity contribution in [2.24, 2.45) is 0 Å². The summed E-state index contributed by atoms with van der Waals surface area (Å²) in [6.45, 7) is 3.86. The van der Waals surface area contributed by atoms with Gasteiger partial charge in [0.2, 0.25) is 0 Å². The van der Waals surface area contributed by atoms with E-state index in [1.807, 2.05) is 30.3 Å². The van der Waals surface area contributed by atoms with Gasteiger partial charge >= 0.3 is 0 Å². The van der Waals surface area contributed by atoms with E-state index in [9.17, 15) is 10.1 Å². The highest BCUT2D eigenvalue weighted by Gasteiger charge is 2.08. The molecule has 0 saturated heterocycles. The summed E-state index contributed by atoms with van der Waals surface area (Å²) in [5, 5.41) is 10.7. The minimum atomic E-state index is -0.370. The first kappa shape index (κ1) is 14.1. The molecule has 2 aromatic rings. The van der Waals surface area contributed by atoms with Crippen LogP contribution in [-0.4, -0.2) is 11.5 Å². The Balaban J connectivity index is 2.14. The minimum Gasteiger partial charge on any atom is -0.367 e. The molecule has 104 valence electrons. The Kier molecular flexibility index (Phi) is 4.71. The summed E-state index contributed by atoms with van der Waals surface area (Å²) in [7, 11) is 0. The van der Waals surface area contributed by atoms with Gasteiger partial charge in [0.15, 0.2) is 0 Å². The molecule has 2 aromatic carbocycles. The summed E-state index contributed by atoms with van der Waals surface area (Å²) in [5.41, 5.74) is 2.39. The Morgan fingerprint density at radius 1 is 1.05 bits per heavy atom. The lowest BCUT2D eigenvalue weighted by molar-refractivity contribution is -0.384. The first-order chi connectivity index (χ1) is 9.70. The summed E-state index contributed by atoms with van der Waals surface area (Å²) in [6.07, 6.45) is 1.06. The van der Waals surface area contributed by atoms with Gasteiger partial charge in [0, 0.05) is 30.9 Å². The summed E-state index contributed by atoms with van der Waals surface area (Å²) >= 11 is 0. The van der Waals surface area contributed by atoms with Crippen LogP contribution in [0.2, 0.25) is 0 Å². The van der Waals surface area contributed by atoms with Gasteiger partial charge in [0.25, 0.3) is 5.69 Å². The number of nitrogens with zero attached hydrogens (tertiary/aromatic N) is 2. The summed E-state index contributed by atoms with van der Waals surface area (Å²) in [6, 6.07) is 17.0. The highest BCUT2D eigenvalue weighted by atomic mass is 16.6. The molecule has 0 aromatic heterocycles. The number of hydrogen-bond acceptors (Lipinski definition) is 3. The van der Waals surface area contributed by atoms with Crippen LogP contribution in [0, 0.1) is 10.1 Å². The predicted molar refractivity (Wildman–Crippen MR) is 80.9 cm³/mol. The molecule has 0 fully saturated rings. The van der Waals surface area contributed by atoms with Gasteiger partial charge in [-0.15, -0.1) is 0 Å². The van der Waals surface area contributed by atoms with Crippen molar-refractivity contribution in [3.63, 3.8) is 0 Å². The maximum absolute atomic E-state index is 10.7. The van der Waals surface area contributed by atoms with Crippen LogP contribution in [0.25, 0.3) is 0 Å². The van der Waals surface area contributed by atoms with Gasteiger partial charge in [-0.2, -0.15) is 0 Å². The summed E-state index contributed by atoms with van der Waals surface area (Å²) in [4.78, 5) is 12.6. The van der Waals surface area contributed by atoms with Crippen molar-refractivity contribution in [2.75, 3.05) is 11.4 Å². The number of hydrogen-bond donors (Lipinski definition) is 0. The van der Waals surface area contributed by atoms with Crippen LogP contribution in [0.3, 0.4) is 0 Å². The van der Waals surface area contributed by atoms with Crippen LogP contribution in [0.1, 0.15) is 18.9 Å². The van der Waals surface area contributed by atoms with Crippen molar-refractivity contribution in [1.29, 1.82) is 0 Å². The highest BCUT2D eigenvalue weighted by Crippen LogP contribution is 2.19. The van der Waals surface area contributed by atoms with E-state index in [2.05, 4.69) is 24.0 Å². The van der Waals surface area contributed by atoms with Crippen molar-refractivity contribution >= 4 is 11.4 Å². The largest absolute Gasteiger partial charge is 0.367 e. The lowest BCUT2D eigenvalue weighted by atomic mass is 10.1. The third kappa shape index (κ3) is 3.57. The molecule has 0 spiro atoms. The van der Waals surface area contributed by atoms with Crippen LogP contribution < -0.4 is 4.90 Å². The van der Waals surface area contributed by atoms with Gasteiger partial charge in [-0.25, -0.2) is 0 Å². The second-order valence-corrected chi connectivity index (χ2v) is 4.68. The molecular weight excluding hydrogens is 252 g/mol. The van der Waals surface area contributed by atoms with E-state index < -0.39 is 0 Å². The average molecular weight is 270 g/mol. The molecule has 0 amide bonds. The molecule has 0 aliphatic heterocycles. The molecule has 2 rings (SSSR count). The van der Waals surface area contributed by atoms with Crippen LogP contribution in [0.15, 0.2) is 54.6 Å². The molecule has 20 heavy (non-hydrogen) atoms. The molecule has 0 saturated carbocycles. The lowest BCUT2D eigenvalue weighted by Crippen LogP contribution is -2.23. The molecular formula is C16H18N2O2. The van der Waals surface area contributed by atoms with Gasteiger partial charge in [-0.1, -0.05) is 37.3 Å². The molecule has 0 heterocycles. The van der Waals surface area contributed by atoms with Crippen molar-refractivity contribution in [1.82, 2.24) is 0 Å². The molecule has 0 atom stereocenters. The molecule has 4 nitrogen and oxygen atoms in total. The zero-order chi connectivity index (χ0) is 14.4. The zero-order valence-electron chi connectivity index (χ0n) is 11.5. The van der Waals surface area contributed by atoms with Gasteiger partial charge in [-0.3, -0.25) is 10.1 Å². The van der Waals surface area contributed by atoms with Crippen molar-refractivity contribution < 1.29 is 4.92 Å². The first-order valence-electron chi connectivity index (χ1n) is 6.74. The number of nitro benzene ring substituents is 1. The van der Waals surface area contributed by atoms with Gasteiger partial charge < -0.3 is 4.90 Å². The van der Waals surface area contributed by atoms with E-state index >= 15 is 0 Å². The molecule has 0 aliphatic rings. The van der Waals surface area contributed by atoms with Gasteiger partial charge in [-0.05, 0) is 24.1 Å².